The maximum Gasteiger partial charge on any atom is 0.241 e. The van der Waals surface area contributed by atoms with Crippen molar-refractivity contribution in [2.75, 3.05) is 31.5 Å². The Hall–Kier alpha value is -1.40. The van der Waals surface area contributed by atoms with E-state index in [9.17, 15) is 9.59 Å². The molecular weight excluding hydrogens is 346 g/mol. The summed E-state index contributed by atoms with van der Waals surface area (Å²) in [4.78, 5) is 27.7. The average Bonchev–Trinajstić information content (AvgIpc) is 2.49. The molecule has 1 fully saturated rings. The van der Waals surface area contributed by atoms with Gasteiger partial charge in [-0.25, -0.2) is 0 Å². The van der Waals surface area contributed by atoms with E-state index in [1.807, 2.05) is 36.9 Å². The molecule has 22 heavy (non-hydrogen) atoms. The lowest BCUT2D eigenvalue weighted by Crippen LogP contribution is -2.53. The van der Waals surface area contributed by atoms with Crippen molar-refractivity contribution in [3.05, 3.63) is 28.2 Å². The smallest absolute Gasteiger partial charge is 0.241 e. The molecule has 1 aromatic rings. The predicted octanol–water partition coefficient (Wildman–Crippen LogP) is 2.25. The number of aryl methyl sites for hydroxylation is 1. The van der Waals surface area contributed by atoms with Crippen LogP contribution in [0.1, 0.15) is 19.4 Å². The third kappa shape index (κ3) is 4.08. The first-order chi connectivity index (χ1) is 10.4. The Kier molecular flexibility index (Phi) is 5.58. The molecule has 0 aromatic heterocycles. The van der Waals surface area contributed by atoms with Gasteiger partial charge in [-0.3, -0.25) is 14.5 Å². The molecule has 0 bridgehead atoms. The van der Waals surface area contributed by atoms with E-state index in [1.54, 1.807) is 6.92 Å². The molecular formula is C16H22BrN3O2. The van der Waals surface area contributed by atoms with Gasteiger partial charge in [0.1, 0.15) is 0 Å². The number of amides is 2. The molecule has 1 aromatic carbocycles. The fraction of sp³-hybridized carbons (Fsp3) is 0.500. The van der Waals surface area contributed by atoms with E-state index in [4.69, 9.17) is 0 Å². The van der Waals surface area contributed by atoms with Gasteiger partial charge in [0.15, 0.2) is 0 Å². The molecule has 1 aliphatic heterocycles. The average molecular weight is 368 g/mol. The first-order valence-corrected chi connectivity index (χ1v) is 8.24. The molecule has 6 heteroatoms. The highest BCUT2D eigenvalue weighted by molar-refractivity contribution is 9.10. The topological polar surface area (TPSA) is 52.7 Å². The number of piperazine rings is 1. The summed E-state index contributed by atoms with van der Waals surface area (Å²) in [6, 6.07) is 5.63. The third-order valence-corrected chi connectivity index (χ3v) is 4.73. The van der Waals surface area contributed by atoms with Crippen LogP contribution in [0.15, 0.2) is 22.7 Å². The molecule has 5 nitrogen and oxygen atoms in total. The predicted molar refractivity (Wildman–Crippen MR) is 90.8 cm³/mol. The second-order valence-corrected chi connectivity index (χ2v) is 6.54. The Morgan fingerprint density at radius 3 is 2.41 bits per heavy atom. The summed E-state index contributed by atoms with van der Waals surface area (Å²) in [7, 11) is 0. The Bertz CT molecular complexity index is 569. The minimum atomic E-state index is -0.220. The van der Waals surface area contributed by atoms with E-state index in [-0.39, 0.29) is 17.9 Å². The van der Waals surface area contributed by atoms with E-state index in [1.165, 1.54) is 0 Å². The van der Waals surface area contributed by atoms with Crippen LogP contribution in [-0.2, 0) is 9.59 Å². The van der Waals surface area contributed by atoms with Crippen LogP contribution in [0.2, 0.25) is 0 Å². The zero-order chi connectivity index (χ0) is 16.3. The normalized spacial score (nSPS) is 17.2. The molecule has 1 heterocycles. The quantitative estimate of drug-likeness (QED) is 0.891. The highest BCUT2D eigenvalue weighted by Crippen LogP contribution is 2.23. The van der Waals surface area contributed by atoms with Gasteiger partial charge in [0.25, 0.3) is 0 Å². The fourth-order valence-electron chi connectivity index (χ4n) is 2.55. The summed E-state index contributed by atoms with van der Waals surface area (Å²) in [5.74, 6) is 0.0705. The molecule has 0 aliphatic carbocycles. The first kappa shape index (κ1) is 17.0. The van der Waals surface area contributed by atoms with Gasteiger partial charge in [0, 0.05) is 37.6 Å². The van der Waals surface area contributed by atoms with Crippen molar-refractivity contribution < 1.29 is 9.59 Å². The number of anilines is 1. The molecule has 0 unspecified atom stereocenters. The molecule has 2 amide bonds. The number of nitrogens with zero attached hydrogens (tertiary/aromatic N) is 2. The molecule has 2 rings (SSSR count). The lowest BCUT2D eigenvalue weighted by Gasteiger charge is -2.37. The summed E-state index contributed by atoms with van der Waals surface area (Å²) in [5, 5.41) is 2.96. The monoisotopic (exact) mass is 367 g/mol. The minimum Gasteiger partial charge on any atom is -0.340 e. The minimum absolute atomic E-state index is 0.0270. The molecule has 1 atom stereocenters. The summed E-state index contributed by atoms with van der Waals surface area (Å²) < 4.78 is 0.884. The van der Waals surface area contributed by atoms with Crippen LogP contribution in [-0.4, -0.2) is 53.8 Å². The lowest BCUT2D eigenvalue weighted by molar-refractivity contribution is -0.131. The highest BCUT2D eigenvalue weighted by atomic mass is 79.9. The second kappa shape index (κ2) is 7.24. The fourth-order valence-corrected chi connectivity index (χ4v) is 3.14. The zero-order valence-electron chi connectivity index (χ0n) is 13.2. The Labute approximate surface area is 139 Å². The first-order valence-electron chi connectivity index (χ1n) is 7.45. The van der Waals surface area contributed by atoms with E-state index in [0.29, 0.717) is 13.1 Å². The van der Waals surface area contributed by atoms with Crippen molar-refractivity contribution in [3.63, 3.8) is 0 Å². The van der Waals surface area contributed by atoms with Crippen molar-refractivity contribution in [2.45, 2.75) is 26.8 Å². The van der Waals surface area contributed by atoms with Gasteiger partial charge in [0.05, 0.1) is 11.7 Å². The molecule has 0 radical (unpaired) electrons. The third-order valence-electron chi connectivity index (χ3n) is 4.07. The number of hydrogen-bond acceptors (Lipinski definition) is 3. The maximum atomic E-state index is 12.4. The number of carbonyl (C=O) groups is 2. The van der Waals surface area contributed by atoms with Gasteiger partial charge < -0.3 is 10.2 Å². The largest absolute Gasteiger partial charge is 0.340 e. The van der Waals surface area contributed by atoms with Gasteiger partial charge in [-0.2, -0.15) is 0 Å². The van der Waals surface area contributed by atoms with E-state index in [2.05, 4.69) is 26.1 Å². The molecule has 0 saturated carbocycles. The number of carbonyl (C=O) groups excluding carboxylic acids is 2. The highest BCUT2D eigenvalue weighted by Gasteiger charge is 2.26. The summed E-state index contributed by atoms with van der Waals surface area (Å²) >= 11 is 3.47. The number of benzene rings is 1. The van der Waals surface area contributed by atoms with Crippen molar-refractivity contribution in [1.82, 2.24) is 9.80 Å². The van der Waals surface area contributed by atoms with Crippen LogP contribution in [0.4, 0.5) is 5.69 Å². The number of rotatable bonds is 3. The SMILES string of the molecule is CC(=O)N1CCN([C@@H](C)C(=O)Nc2ccc(C)cc2Br)CC1. The molecule has 1 saturated heterocycles. The van der Waals surface area contributed by atoms with Gasteiger partial charge in [0.2, 0.25) is 11.8 Å². The van der Waals surface area contributed by atoms with Crippen molar-refractivity contribution in [1.29, 1.82) is 0 Å². The van der Waals surface area contributed by atoms with Crippen molar-refractivity contribution in [2.24, 2.45) is 0 Å². The van der Waals surface area contributed by atoms with Gasteiger partial charge >= 0.3 is 0 Å². The Balaban J connectivity index is 1.94. The standard InChI is InChI=1S/C16H22BrN3O2/c1-11-4-5-15(14(17)10-11)18-16(22)12(2)19-6-8-20(9-7-19)13(3)21/h4-5,10,12H,6-9H2,1-3H3,(H,18,22)/t12-/m0/s1. The van der Waals surface area contributed by atoms with Crippen LogP contribution in [0.25, 0.3) is 0 Å². The molecule has 1 N–H and O–H groups in total. The molecule has 1 aliphatic rings. The molecule has 120 valence electrons. The van der Waals surface area contributed by atoms with Gasteiger partial charge in [-0.05, 0) is 47.5 Å². The maximum absolute atomic E-state index is 12.4. The van der Waals surface area contributed by atoms with Crippen molar-refractivity contribution >= 4 is 33.4 Å². The number of halogens is 1. The van der Waals surface area contributed by atoms with Crippen LogP contribution in [0.5, 0.6) is 0 Å². The summed E-state index contributed by atoms with van der Waals surface area (Å²) in [5.41, 5.74) is 1.92. The molecule has 0 spiro atoms. The summed E-state index contributed by atoms with van der Waals surface area (Å²) in [6.07, 6.45) is 0. The van der Waals surface area contributed by atoms with Gasteiger partial charge in [-0.15, -0.1) is 0 Å². The van der Waals surface area contributed by atoms with E-state index < -0.39 is 0 Å². The number of nitrogens with one attached hydrogen (secondary N) is 1. The van der Waals surface area contributed by atoms with Crippen LogP contribution < -0.4 is 5.32 Å². The van der Waals surface area contributed by atoms with Crippen LogP contribution >= 0.6 is 15.9 Å². The van der Waals surface area contributed by atoms with Crippen LogP contribution in [0, 0.1) is 6.92 Å². The summed E-state index contributed by atoms with van der Waals surface area (Å²) in [6.45, 7) is 8.31. The Morgan fingerprint density at radius 1 is 1.23 bits per heavy atom. The van der Waals surface area contributed by atoms with Gasteiger partial charge in [-0.1, -0.05) is 6.07 Å². The van der Waals surface area contributed by atoms with Crippen LogP contribution in [0.3, 0.4) is 0 Å². The van der Waals surface area contributed by atoms with Crippen molar-refractivity contribution in [3.8, 4) is 0 Å². The lowest BCUT2D eigenvalue weighted by atomic mass is 10.2. The zero-order valence-corrected chi connectivity index (χ0v) is 14.8. The van der Waals surface area contributed by atoms with E-state index in [0.717, 1.165) is 28.8 Å². The second-order valence-electron chi connectivity index (χ2n) is 5.69. The van der Waals surface area contributed by atoms with E-state index >= 15 is 0 Å². The Morgan fingerprint density at radius 2 is 1.86 bits per heavy atom. The number of hydrogen-bond donors (Lipinski definition) is 1.